The number of furan rings is 1. The van der Waals surface area contributed by atoms with Crippen LogP contribution in [0.5, 0.6) is 0 Å². The van der Waals surface area contributed by atoms with E-state index in [1.165, 1.54) is 11.1 Å². The average molecular weight is 368 g/mol. The lowest BCUT2D eigenvalue weighted by Crippen LogP contribution is -2.44. The Bertz CT molecular complexity index is 924. The number of allylic oxidation sites excluding steroid dienone is 1. The third-order valence-corrected chi connectivity index (χ3v) is 5.71. The van der Waals surface area contributed by atoms with Crippen molar-refractivity contribution < 1.29 is 9.21 Å². The van der Waals surface area contributed by atoms with Crippen molar-refractivity contribution in [2.75, 3.05) is 31.1 Å². The molecule has 3 aromatic heterocycles. The number of hydrogen-bond donors (Lipinski definition) is 0. The number of nitrogens with zero attached hydrogens (tertiary/aromatic N) is 4. The highest BCUT2D eigenvalue weighted by Gasteiger charge is 2.19. The molecule has 7 heteroatoms. The predicted molar refractivity (Wildman–Crippen MR) is 103 cm³/mol. The molecule has 1 aliphatic heterocycles. The second-order valence-electron chi connectivity index (χ2n) is 6.16. The molecule has 0 saturated carbocycles. The van der Waals surface area contributed by atoms with E-state index in [0.29, 0.717) is 5.76 Å². The molecule has 4 rings (SSSR count). The van der Waals surface area contributed by atoms with E-state index in [1.807, 2.05) is 6.20 Å². The molecule has 26 heavy (non-hydrogen) atoms. The van der Waals surface area contributed by atoms with Gasteiger partial charge in [0.1, 0.15) is 17.0 Å². The average Bonchev–Trinajstić information content (AvgIpc) is 3.35. The molecule has 0 aromatic carbocycles. The number of fused-ring (bicyclic) bond motifs is 1. The number of hydrogen-bond acceptors (Lipinski definition) is 7. The van der Waals surface area contributed by atoms with Gasteiger partial charge in [0, 0.05) is 43.3 Å². The van der Waals surface area contributed by atoms with Crippen molar-refractivity contribution in [3.8, 4) is 0 Å². The largest absolute Gasteiger partial charge is 0.461 e. The van der Waals surface area contributed by atoms with Gasteiger partial charge >= 0.3 is 0 Å². The first kappa shape index (κ1) is 16.8. The summed E-state index contributed by atoms with van der Waals surface area (Å²) >= 11 is 1.74. The number of aryl methyl sites for hydroxylation is 1. The van der Waals surface area contributed by atoms with E-state index in [-0.39, 0.29) is 5.78 Å². The number of piperazine rings is 1. The van der Waals surface area contributed by atoms with Gasteiger partial charge < -0.3 is 14.2 Å². The van der Waals surface area contributed by atoms with Gasteiger partial charge in [-0.15, -0.1) is 11.3 Å². The van der Waals surface area contributed by atoms with Crippen LogP contribution in [0.15, 0.2) is 47.5 Å². The molecule has 0 amide bonds. The van der Waals surface area contributed by atoms with Crippen LogP contribution in [-0.4, -0.2) is 46.8 Å². The second-order valence-corrected chi connectivity index (χ2v) is 7.28. The maximum Gasteiger partial charge on any atom is 0.222 e. The molecule has 0 N–H and O–H groups in total. The van der Waals surface area contributed by atoms with Gasteiger partial charge in [-0.2, -0.15) is 0 Å². The van der Waals surface area contributed by atoms with Crippen LogP contribution >= 0.6 is 11.3 Å². The topological polar surface area (TPSA) is 62.5 Å². The molecule has 0 atom stereocenters. The minimum Gasteiger partial charge on any atom is -0.461 e. The highest BCUT2D eigenvalue weighted by molar-refractivity contribution is 7.18. The number of aromatic nitrogens is 2. The molecule has 0 radical (unpaired) electrons. The van der Waals surface area contributed by atoms with Gasteiger partial charge in [-0.3, -0.25) is 4.79 Å². The van der Waals surface area contributed by atoms with E-state index in [9.17, 15) is 4.79 Å². The van der Waals surface area contributed by atoms with Crippen molar-refractivity contribution in [3.63, 3.8) is 0 Å². The standard InChI is InChI=1S/C19H20N4O2S/c1-2-14-12-15-18(20-13-21-19(15)26-14)23-9-7-22(8-10-23)6-5-16(24)17-4-3-11-25-17/h3-6,11-13H,2,7-10H2,1H3. The first-order chi connectivity index (χ1) is 12.7. The van der Waals surface area contributed by atoms with E-state index in [4.69, 9.17) is 4.42 Å². The molecule has 134 valence electrons. The van der Waals surface area contributed by atoms with Crippen molar-refractivity contribution in [2.45, 2.75) is 13.3 Å². The zero-order valence-corrected chi connectivity index (χ0v) is 15.4. The van der Waals surface area contributed by atoms with Crippen molar-refractivity contribution in [1.82, 2.24) is 14.9 Å². The van der Waals surface area contributed by atoms with Gasteiger partial charge in [-0.1, -0.05) is 6.92 Å². The van der Waals surface area contributed by atoms with Gasteiger partial charge in [-0.25, -0.2) is 9.97 Å². The Balaban J connectivity index is 1.42. The maximum atomic E-state index is 12.0. The van der Waals surface area contributed by atoms with Crippen molar-refractivity contribution >= 4 is 33.2 Å². The number of ketones is 1. The summed E-state index contributed by atoms with van der Waals surface area (Å²) in [6.07, 6.45) is 7.61. The Labute approximate surface area is 155 Å². The summed E-state index contributed by atoms with van der Waals surface area (Å²) < 4.78 is 5.12. The van der Waals surface area contributed by atoms with Crippen molar-refractivity contribution in [3.05, 3.63) is 53.7 Å². The fraction of sp³-hybridized carbons (Fsp3) is 0.316. The van der Waals surface area contributed by atoms with Crippen LogP contribution in [0.3, 0.4) is 0 Å². The van der Waals surface area contributed by atoms with Gasteiger partial charge in [0.15, 0.2) is 5.76 Å². The maximum absolute atomic E-state index is 12.0. The molecule has 6 nitrogen and oxygen atoms in total. The summed E-state index contributed by atoms with van der Waals surface area (Å²) in [5.74, 6) is 1.27. The molecule has 0 bridgehead atoms. The Kier molecular flexibility index (Phi) is 4.71. The van der Waals surface area contributed by atoms with Gasteiger partial charge in [0.2, 0.25) is 5.78 Å². The van der Waals surface area contributed by atoms with Crippen LogP contribution in [-0.2, 0) is 6.42 Å². The summed E-state index contributed by atoms with van der Waals surface area (Å²) in [7, 11) is 0. The number of rotatable bonds is 5. The quantitative estimate of drug-likeness (QED) is 0.508. The SMILES string of the molecule is CCc1cc2c(N3CCN(C=CC(=O)c4ccco4)CC3)ncnc2s1. The number of anilines is 1. The van der Waals surface area contributed by atoms with Crippen LogP contribution in [0.25, 0.3) is 10.2 Å². The van der Waals surface area contributed by atoms with E-state index in [0.717, 1.165) is 48.6 Å². The fourth-order valence-electron chi connectivity index (χ4n) is 3.08. The first-order valence-electron chi connectivity index (χ1n) is 8.73. The van der Waals surface area contributed by atoms with Crippen LogP contribution < -0.4 is 4.90 Å². The molecule has 0 spiro atoms. The van der Waals surface area contributed by atoms with Crippen molar-refractivity contribution in [2.24, 2.45) is 0 Å². The Morgan fingerprint density at radius 2 is 2.15 bits per heavy atom. The summed E-state index contributed by atoms with van der Waals surface area (Å²) in [6, 6.07) is 5.61. The highest BCUT2D eigenvalue weighted by atomic mass is 32.1. The molecule has 0 unspecified atom stereocenters. The summed E-state index contributed by atoms with van der Waals surface area (Å²) in [6.45, 7) is 5.58. The molecule has 1 aliphatic rings. The minimum absolute atomic E-state index is 0.111. The Hall–Kier alpha value is -2.67. The molecule has 3 aromatic rings. The van der Waals surface area contributed by atoms with E-state index >= 15 is 0 Å². The van der Waals surface area contributed by atoms with Gasteiger partial charge in [0.05, 0.1) is 11.6 Å². The van der Waals surface area contributed by atoms with Crippen LogP contribution in [0, 0.1) is 0 Å². The third kappa shape index (κ3) is 3.35. The Morgan fingerprint density at radius 1 is 1.31 bits per heavy atom. The van der Waals surface area contributed by atoms with E-state index in [2.05, 4.69) is 32.8 Å². The van der Waals surface area contributed by atoms with Gasteiger partial charge in [0.25, 0.3) is 0 Å². The lowest BCUT2D eigenvalue weighted by atomic mass is 10.2. The minimum atomic E-state index is -0.111. The molecular formula is C19H20N4O2S. The number of carbonyl (C=O) groups excluding carboxylic acids is 1. The molecule has 1 saturated heterocycles. The van der Waals surface area contributed by atoms with Crippen LogP contribution in [0.1, 0.15) is 22.4 Å². The summed E-state index contributed by atoms with van der Waals surface area (Å²) in [5, 5.41) is 1.14. The first-order valence-corrected chi connectivity index (χ1v) is 9.54. The third-order valence-electron chi connectivity index (χ3n) is 4.52. The zero-order valence-electron chi connectivity index (χ0n) is 14.6. The summed E-state index contributed by atoms with van der Waals surface area (Å²) in [4.78, 5) is 27.8. The smallest absolute Gasteiger partial charge is 0.222 e. The zero-order chi connectivity index (χ0) is 17.9. The van der Waals surface area contributed by atoms with Gasteiger partial charge in [-0.05, 0) is 24.6 Å². The second kappa shape index (κ2) is 7.29. The molecule has 0 aliphatic carbocycles. The van der Waals surface area contributed by atoms with E-state index < -0.39 is 0 Å². The Morgan fingerprint density at radius 3 is 2.88 bits per heavy atom. The molecular weight excluding hydrogens is 348 g/mol. The highest BCUT2D eigenvalue weighted by Crippen LogP contribution is 2.30. The number of thiophene rings is 1. The van der Waals surface area contributed by atoms with Crippen LogP contribution in [0.4, 0.5) is 5.82 Å². The lowest BCUT2D eigenvalue weighted by molar-refractivity contribution is 0.102. The normalized spacial score (nSPS) is 15.3. The lowest BCUT2D eigenvalue weighted by Gasteiger charge is -2.34. The monoisotopic (exact) mass is 368 g/mol. The summed E-state index contributed by atoms with van der Waals surface area (Å²) in [5.41, 5.74) is 0. The fourth-order valence-corrected chi connectivity index (χ4v) is 4.01. The number of carbonyl (C=O) groups is 1. The molecule has 4 heterocycles. The molecule has 1 fully saturated rings. The van der Waals surface area contributed by atoms with Crippen LogP contribution in [0.2, 0.25) is 0 Å². The predicted octanol–water partition coefficient (Wildman–Crippen LogP) is 3.37. The van der Waals surface area contributed by atoms with Crippen molar-refractivity contribution in [1.29, 1.82) is 0 Å². The van der Waals surface area contributed by atoms with E-state index in [1.54, 1.807) is 35.9 Å².